The van der Waals surface area contributed by atoms with E-state index in [2.05, 4.69) is 15.4 Å². The summed E-state index contributed by atoms with van der Waals surface area (Å²) in [5.74, 6) is 0. The monoisotopic (exact) mass is 435 g/mol. The van der Waals surface area contributed by atoms with Gasteiger partial charge in [-0.1, -0.05) is 47.5 Å². The van der Waals surface area contributed by atoms with E-state index in [-0.39, 0.29) is 20.6 Å². The van der Waals surface area contributed by atoms with Crippen LogP contribution >= 0.6 is 23.2 Å². The van der Waals surface area contributed by atoms with Crippen LogP contribution in [0.3, 0.4) is 0 Å². The number of carbonyl (C=O) groups excluding carboxylic acids is 1. The average molecular weight is 436 g/mol. The third kappa shape index (κ3) is 5.16. The Balaban J connectivity index is 1.74. The number of nitrogens with one attached hydrogen (secondary N) is 3. The van der Waals surface area contributed by atoms with Gasteiger partial charge in [-0.15, -0.1) is 0 Å². The number of carbonyl (C=O) groups is 1. The van der Waals surface area contributed by atoms with Crippen LogP contribution in [0.15, 0.2) is 77.7 Å². The molecule has 0 saturated carbocycles. The summed E-state index contributed by atoms with van der Waals surface area (Å²) in [4.78, 5) is 12.0. The van der Waals surface area contributed by atoms with Gasteiger partial charge >= 0.3 is 6.03 Å². The number of amides is 2. The Labute approximate surface area is 172 Å². The van der Waals surface area contributed by atoms with Gasteiger partial charge in [0, 0.05) is 16.4 Å². The van der Waals surface area contributed by atoms with Gasteiger partial charge in [0.2, 0.25) is 0 Å². The van der Waals surface area contributed by atoms with Gasteiger partial charge in [-0.25, -0.2) is 13.2 Å². The fourth-order valence-electron chi connectivity index (χ4n) is 2.37. The van der Waals surface area contributed by atoms with Gasteiger partial charge in [-0.3, -0.25) is 4.72 Å². The normalized spacial score (nSPS) is 10.9. The van der Waals surface area contributed by atoms with E-state index in [0.29, 0.717) is 11.4 Å². The second-order valence-electron chi connectivity index (χ2n) is 5.71. The van der Waals surface area contributed by atoms with Gasteiger partial charge in [-0.05, 0) is 48.5 Å². The number of anilines is 3. The molecule has 0 unspecified atom stereocenters. The van der Waals surface area contributed by atoms with Crippen molar-refractivity contribution in [2.24, 2.45) is 0 Å². The van der Waals surface area contributed by atoms with Crippen molar-refractivity contribution in [1.29, 1.82) is 0 Å². The summed E-state index contributed by atoms with van der Waals surface area (Å²) in [5, 5.41) is 5.62. The zero-order valence-electron chi connectivity index (χ0n) is 14.3. The van der Waals surface area contributed by atoms with Gasteiger partial charge in [0.15, 0.2) is 0 Å². The van der Waals surface area contributed by atoms with Crippen molar-refractivity contribution in [1.82, 2.24) is 0 Å². The zero-order valence-corrected chi connectivity index (χ0v) is 16.6. The van der Waals surface area contributed by atoms with Crippen molar-refractivity contribution in [2.75, 3.05) is 15.4 Å². The summed E-state index contributed by atoms with van der Waals surface area (Å²) >= 11 is 11.9. The number of urea groups is 1. The molecule has 0 aliphatic rings. The van der Waals surface area contributed by atoms with Gasteiger partial charge in [0.1, 0.15) is 4.90 Å². The Morgan fingerprint density at radius 1 is 0.750 bits per heavy atom. The minimum atomic E-state index is -3.95. The van der Waals surface area contributed by atoms with E-state index in [0.717, 1.165) is 0 Å². The molecule has 0 bridgehead atoms. The van der Waals surface area contributed by atoms with E-state index in [9.17, 15) is 13.2 Å². The fourth-order valence-corrected chi connectivity index (χ4v) is 4.18. The van der Waals surface area contributed by atoms with E-state index >= 15 is 0 Å². The first kappa shape index (κ1) is 20.0. The first-order valence-electron chi connectivity index (χ1n) is 8.04. The molecule has 0 atom stereocenters. The lowest BCUT2D eigenvalue weighted by molar-refractivity contribution is 0.262. The lowest BCUT2D eigenvalue weighted by Gasteiger charge is -2.12. The molecule has 2 amide bonds. The molecule has 3 aromatic carbocycles. The lowest BCUT2D eigenvalue weighted by Crippen LogP contribution is -2.19. The summed E-state index contributed by atoms with van der Waals surface area (Å²) in [6.45, 7) is 0. The van der Waals surface area contributed by atoms with Crippen molar-refractivity contribution in [3.63, 3.8) is 0 Å². The van der Waals surface area contributed by atoms with E-state index in [4.69, 9.17) is 23.2 Å². The van der Waals surface area contributed by atoms with Gasteiger partial charge < -0.3 is 10.6 Å². The molecule has 0 heterocycles. The molecular formula is C19H15Cl2N3O3S. The van der Waals surface area contributed by atoms with Crippen LogP contribution in [0.1, 0.15) is 0 Å². The summed E-state index contributed by atoms with van der Waals surface area (Å²) in [6, 6.07) is 18.9. The number of rotatable bonds is 5. The third-order valence-electron chi connectivity index (χ3n) is 3.59. The molecule has 9 heteroatoms. The Hall–Kier alpha value is -2.74. The maximum Gasteiger partial charge on any atom is 0.323 e. The van der Waals surface area contributed by atoms with Crippen LogP contribution in [0.2, 0.25) is 10.0 Å². The van der Waals surface area contributed by atoms with Crippen molar-refractivity contribution in [3.05, 3.63) is 82.8 Å². The van der Waals surface area contributed by atoms with Crippen LogP contribution in [0.5, 0.6) is 0 Å². The standard InChI is InChI=1S/C19H15Cl2N3O3S/c20-13-9-10-17(21)18(11-13)28(26,27)24-16-8-4-7-15(12-16)23-19(25)22-14-5-2-1-3-6-14/h1-12,24H,(H2,22,23,25). The van der Waals surface area contributed by atoms with Gasteiger partial charge in [0.25, 0.3) is 10.0 Å². The number of benzene rings is 3. The van der Waals surface area contributed by atoms with Crippen LogP contribution in [-0.2, 0) is 10.0 Å². The van der Waals surface area contributed by atoms with Crippen LogP contribution in [0.25, 0.3) is 0 Å². The maximum atomic E-state index is 12.6. The Kier molecular flexibility index (Phi) is 6.08. The summed E-state index contributed by atoms with van der Waals surface area (Å²) < 4.78 is 27.6. The molecule has 28 heavy (non-hydrogen) atoms. The maximum absolute atomic E-state index is 12.6. The smallest absolute Gasteiger partial charge is 0.308 e. The van der Waals surface area contributed by atoms with Gasteiger partial charge in [-0.2, -0.15) is 0 Å². The second-order valence-corrected chi connectivity index (χ2v) is 8.20. The predicted octanol–water partition coefficient (Wildman–Crippen LogP) is 5.44. The lowest BCUT2D eigenvalue weighted by atomic mass is 10.3. The highest BCUT2D eigenvalue weighted by atomic mass is 35.5. The van der Waals surface area contributed by atoms with Crippen molar-refractivity contribution >= 4 is 56.3 Å². The molecule has 0 aliphatic carbocycles. The van der Waals surface area contributed by atoms with Crippen molar-refractivity contribution in [3.8, 4) is 0 Å². The molecule has 0 radical (unpaired) electrons. The molecular weight excluding hydrogens is 421 g/mol. The molecule has 0 spiro atoms. The second kappa shape index (κ2) is 8.52. The molecule has 6 nitrogen and oxygen atoms in total. The molecule has 3 rings (SSSR count). The molecule has 0 fully saturated rings. The first-order valence-corrected chi connectivity index (χ1v) is 10.3. The van der Waals surface area contributed by atoms with Crippen LogP contribution in [-0.4, -0.2) is 14.4 Å². The molecule has 0 saturated heterocycles. The minimum absolute atomic E-state index is 0.0495. The number of para-hydroxylation sites is 1. The predicted molar refractivity (Wildman–Crippen MR) is 113 cm³/mol. The highest BCUT2D eigenvalue weighted by Crippen LogP contribution is 2.27. The van der Waals surface area contributed by atoms with Crippen molar-refractivity contribution < 1.29 is 13.2 Å². The van der Waals surface area contributed by atoms with E-state index < -0.39 is 16.1 Å². The molecule has 3 N–H and O–H groups in total. The highest BCUT2D eigenvalue weighted by Gasteiger charge is 2.19. The van der Waals surface area contributed by atoms with Crippen LogP contribution in [0.4, 0.5) is 21.9 Å². The van der Waals surface area contributed by atoms with E-state index in [1.807, 2.05) is 6.07 Å². The number of hydrogen-bond acceptors (Lipinski definition) is 3. The highest BCUT2D eigenvalue weighted by molar-refractivity contribution is 7.92. The van der Waals surface area contributed by atoms with Crippen LogP contribution < -0.4 is 15.4 Å². The molecule has 144 valence electrons. The fraction of sp³-hybridized carbons (Fsp3) is 0. The summed E-state index contributed by atoms with van der Waals surface area (Å²) in [7, 11) is -3.95. The number of hydrogen-bond donors (Lipinski definition) is 3. The Bertz CT molecular complexity index is 1110. The topological polar surface area (TPSA) is 87.3 Å². The van der Waals surface area contributed by atoms with Crippen LogP contribution in [0, 0.1) is 0 Å². The molecule has 3 aromatic rings. The largest absolute Gasteiger partial charge is 0.323 e. The average Bonchev–Trinajstić information content (AvgIpc) is 2.64. The third-order valence-corrected chi connectivity index (χ3v) is 5.69. The van der Waals surface area contributed by atoms with Crippen molar-refractivity contribution in [2.45, 2.75) is 4.90 Å². The van der Waals surface area contributed by atoms with Gasteiger partial charge in [0.05, 0.1) is 10.7 Å². The minimum Gasteiger partial charge on any atom is -0.308 e. The van der Waals surface area contributed by atoms with E-state index in [1.54, 1.807) is 42.5 Å². The summed E-state index contributed by atoms with van der Waals surface area (Å²) in [6.07, 6.45) is 0. The Morgan fingerprint density at radius 2 is 1.39 bits per heavy atom. The molecule has 0 aliphatic heterocycles. The molecule has 0 aromatic heterocycles. The zero-order chi connectivity index (χ0) is 20.1. The number of sulfonamides is 1. The number of halogens is 2. The Morgan fingerprint density at radius 3 is 2.14 bits per heavy atom. The summed E-state index contributed by atoms with van der Waals surface area (Å²) in [5.41, 5.74) is 1.30. The SMILES string of the molecule is O=C(Nc1ccccc1)Nc1cccc(NS(=O)(=O)c2cc(Cl)ccc2Cl)c1. The first-order chi connectivity index (χ1) is 13.3. The van der Waals surface area contributed by atoms with E-state index in [1.165, 1.54) is 24.3 Å². The quantitative estimate of drug-likeness (QED) is 0.498.